The molecule has 0 saturated carbocycles. The van der Waals surface area contributed by atoms with Gasteiger partial charge in [0.2, 0.25) is 5.91 Å². The van der Waals surface area contributed by atoms with Crippen molar-refractivity contribution in [1.29, 1.82) is 0 Å². The van der Waals surface area contributed by atoms with Crippen LogP contribution in [0.1, 0.15) is 28.4 Å². The number of anilines is 1. The van der Waals surface area contributed by atoms with Gasteiger partial charge in [0.15, 0.2) is 0 Å². The van der Waals surface area contributed by atoms with Gasteiger partial charge in [-0.25, -0.2) is 0 Å². The molecule has 0 radical (unpaired) electrons. The number of nitrogens with two attached hydrogens (primary N) is 1. The van der Waals surface area contributed by atoms with E-state index in [0.717, 1.165) is 35.3 Å². The molecule has 3 N–H and O–H groups in total. The highest BCUT2D eigenvalue weighted by Crippen LogP contribution is 2.35. The van der Waals surface area contributed by atoms with Crippen LogP contribution >= 0.6 is 0 Å². The predicted octanol–water partition coefficient (Wildman–Crippen LogP) is 1.60. The number of likely N-dealkylation sites (tertiary alicyclic amines) is 1. The number of benzene rings is 1. The molecule has 0 aliphatic carbocycles. The first kappa shape index (κ1) is 17.6. The summed E-state index contributed by atoms with van der Waals surface area (Å²) in [6.07, 6.45) is 2.31. The smallest absolute Gasteiger partial charge is 0.250 e. The summed E-state index contributed by atoms with van der Waals surface area (Å²) in [4.78, 5) is 30.9. The van der Waals surface area contributed by atoms with Gasteiger partial charge in [0.05, 0.1) is 23.7 Å². The summed E-state index contributed by atoms with van der Waals surface area (Å²) in [6.45, 7) is 6.30. The van der Waals surface area contributed by atoms with Crippen molar-refractivity contribution in [3.63, 3.8) is 0 Å². The van der Waals surface area contributed by atoms with Crippen molar-refractivity contribution >= 4 is 28.4 Å². The fraction of sp³-hybridized carbons (Fsp3) is 0.400. The molecule has 7 nitrogen and oxygen atoms in total. The molecule has 2 fully saturated rings. The number of ether oxygens (including phenoxy) is 1. The second-order valence-electron chi connectivity index (χ2n) is 7.28. The third-order valence-corrected chi connectivity index (χ3v) is 5.70. The summed E-state index contributed by atoms with van der Waals surface area (Å²) in [5.74, 6) is -0.184. The molecule has 2 aliphatic heterocycles. The summed E-state index contributed by atoms with van der Waals surface area (Å²) in [5.41, 5.74) is 8.94. The molecule has 7 heteroatoms. The van der Waals surface area contributed by atoms with E-state index >= 15 is 0 Å². The van der Waals surface area contributed by atoms with Crippen LogP contribution in [-0.2, 0) is 9.53 Å². The van der Waals surface area contributed by atoms with Crippen molar-refractivity contribution in [3.8, 4) is 0 Å². The fourth-order valence-electron chi connectivity index (χ4n) is 3.94. The van der Waals surface area contributed by atoms with Crippen molar-refractivity contribution in [1.82, 2.24) is 9.88 Å². The predicted molar refractivity (Wildman–Crippen MR) is 104 cm³/mol. The van der Waals surface area contributed by atoms with E-state index in [-0.39, 0.29) is 11.9 Å². The molecule has 142 valence electrons. The molecule has 3 heterocycles. The normalized spacial score (nSPS) is 19.9. The lowest BCUT2D eigenvalue weighted by Gasteiger charge is -2.44. The number of aromatic amines is 1. The average molecular weight is 368 g/mol. The number of hydrogen-bond acceptors (Lipinski definition) is 4. The first-order valence-corrected chi connectivity index (χ1v) is 9.17. The largest absolute Gasteiger partial charge is 0.381 e. The van der Waals surface area contributed by atoms with Gasteiger partial charge >= 0.3 is 0 Å². The van der Waals surface area contributed by atoms with Crippen LogP contribution in [0.25, 0.3) is 10.9 Å². The summed E-state index contributed by atoms with van der Waals surface area (Å²) in [7, 11) is 2.02. The van der Waals surface area contributed by atoms with Crippen molar-refractivity contribution in [2.24, 2.45) is 5.73 Å². The molecule has 1 aromatic carbocycles. The van der Waals surface area contributed by atoms with E-state index in [9.17, 15) is 9.59 Å². The number of nitrogens with one attached hydrogen (secondary N) is 1. The Labute approximate surface area is 157 Å². The van der Waals surface area contributed by atoms with E-state index in [1.54, 1.807) is 11.0 Å². The van der Waals surface area contributed by atoms with Gasteiger partial charge in [-0.1, -0.05) is 6.58 Å². The number of carbonyl (C=O) groups is 2. The van der Waals surface area contributed by atoms with Gasteiger partial charge in [-0.2, -0.15) is 0 Å². The van der Waals surface area contributed by atoms with Crippen LogP contribution in [0.2, 0.25) is 0 Å². The second kappa shape index (κ2) is 6.74. The Morgan fingerprint density at radius 2 is 2.19 bits per heavy atom. The number of primary amides is 1. The number of rotatable bonds is 5. The first-order valence-electron chi connectivity index (χ1n) is 9.17. The number of fused-ring (bicyclic) bond motifs is 1. The second-order valence-corrected chi connectivity index (χ2v) is 7.28. The highest BCUT2D eigenvalue weighted by atomic mass is 16.5. The molecule has 27 heavy (non-hydrogen) atoms. The molecule has 2 aromatic rings. The van der Waals surface area contributed by atoms with Gasteiger partial charge in [-0.3, -0.25) is 9.59 Å². The summed E-state index contributed by atoms with van der Waals surface area (Å²) in [5, 5.41) is 0.976. The van der Waals surface area contributed by atoms with Gasteiger partial charge in [-0.15, -0.1) is 0 Å². The zero-order chi connectivity index (χ0) is 19.1. The molecular weight excluding hydrogens is 344 g/mol. The topological polar surface area (TPSA) is 91.7 Å². The van der Waals surface area contributed by atoms with E-state index in [4.69, 9.17) is 10.5 Å². The molecular formula is C20H24N4O3. The van der Waals surface area contributed by atoms with Crippen LogP contribution in [0.4, 0.5) is 5.69 Å². The Balaban J connectivity index is 1.68. The van der Waals surface area contributed by atoms with Crippen LogP contribution in [-0.4, -0.2) is 61.1 Å². The van der Waals surface area contributed by atoms with Crippen LogP contribution in [0.3, 0.4) is 0 Å². The van der Waals surface area contributed by atoms with E-state index in [1.807, 2.05) is 13.1 Å². The van der Waals surface area contributed by atoms with Crippen molar-refractivity contribution in [3.05, 3.63) is 42.1 Å². The van der Waals surface area contributed by atoms with Gasteiger partial charge < -0.3 is 25.3 Å². The van der Waals surface area contributed by atoms with Crippen molar-refractivity contribution in [2.75, 3.05) is 38.3 Å². The number of hydrogen-bond donors (Lipinski definition) is 2. The molecule has 2 aliphatic rings. The third-order valence-electron chi connectivity index (χ3n) is 5.70. The highest BCUT2D eigenvalue weighted by Gasteiger charge is 2.33. The van der Waals surface area contributed by atoms with Gasteiger partial charge in [0, 0.05) is 49.4 Å². The van der Waals surface area contributed by atoms with E-state index in [1.165, 1.54) is 6.08 Å². The lowest BCUT2D eigenvalue weighted by atomic mass is 10.0. The molecule has 1 unspecified atom stereocenters. The minimum atomic E-state index is -0.448. The Hall–Kier alpha value is -2.80. The van der Waals surface area contributed by atoms with Gasteiger partial charge in [0.1, 0.15) is 0 Å². The zero-order valence-corrected chi connectivity index (χ0v) is 15.4. The zero-order valence-electron chi connectivity index (χ0n) is 15.4. The fourth-order valence-corrected chi connectivity index (χ4v) is 3.94. The minimum absolute atomic E-state index is 0.0426. The van der Waals surface area contributed by atoms with Crippen LogP contribution < -0.4 is 10.6 Å². The first-order chi connectivity index (χ1) is 13.0. The Kier molecular flexibility index (Phi) is 4.39. The number of likely N-dealkylation sites (N-methyl/N-ethyl adjacent to an activating group) is 1. The lowest BCUT2D eigenvalue weighted by molar-refractivity contribution is -0.130. The standard InChI is InChI=1S/C20H24N4O3/c1-3-18(25)24-9-13(10-24)23(2)17-5-4-14(20(21)26)19-15(17)8-16(22-19)12-6-7-27-11-12/h3-5,8,12-13,22H,1,6-7,9-11H2,2H3,(H2,21,26). The number of amides is 2. The maximum atomic E-state index is 11.9. The Morgan fingerprint density at radius 3 is 2.81 bits per heavy atom. The molecule has 0 bridgehead atoms. The molecule has 0 spiro atoms. The highest BCUT2D eigenvalue weighted by molar-refractivity contribution is 6.09. The average Bonchev–Trinajstić information content (AvgIpc) is 3.28. The maximum Gasteiger partial charge on any atom is 0.250 e. The number of nitrogens with zero attached hydrogens (tertiary/aromatic N) is 2. The van der Waals surface area contributed by atoms with E-state index < -0.39 is 5.91 Å². The van der Waals surface area contributed by atoms with E-state index in [0.29, 0.717) is 31.2 Å². The van der Waals surface area contributed by atoms with Crippen molar-refractivity contribution in [2.45, 2.75) is 18.4 Å². The summed E-state index contributed by atoms with van der Waals surface area (Å²) < 4.78 is 5.50. The summed E-state index contributed by atoms with van der Waals surface area (Å²) >= 11 is 0. The van der Waals surface area contributed by atoms with E-state index in [2.05, 4.69) is 22.5 Å². The van der Waals surface area contributed by atoms with Gasteiger partial charge in [-0.05, 0) is 30.7 Å². The molecule has 2 amide bonds. The minimum Gasteiger partial charge on any atom is -0.381 e. The third kappa shape index (κ3) is 2.98. The van der Waals surface area contributed by atoms with Crippen LogP contribution in [0.5, 0.6) is 0 Å². The van der Waals surface area contributed by atoms with Crippen LogP contribution in [0, 0.1) is 0 Å². The molecule has 4 rings (SSSR count). The van der Waals surface area contributed by atoms with Crippen LogP contribution in [0.15, 0.2) is 30.9 Å². The maximum absolute atomic E-state index is 11.9. The number of carbonyl (C=O) groups excluding carboxylic acids is 2. The number of H-pyrrole nitrogens is 1. The summed E-state index contributed by atoms with van der Waals surface area (Å²) in [6, 6.07) is 6.04. The van der Waals surface area contributed by atoms with Gasteiger partial charge in [0.25, 0.3) is 5.91 Å². The molecule has 1 atom stereocenters. The quantitative estimate of drug-likeness (QED) is 0.784. The molecule has 1 aromatic heterocycles. The monoisotopic (exact) mass is 368 g/mol. The Morgan fingerprint density at radius 1 is 1.41 bits per heavy atom. The lowest BCUT2D eigenvalue weighted by Crippen LogP contribution is -2.60. The Bertz CT molecular complexity index is 907. The van der Waals surface area contributed by atoms with Crippen molar-refractivity contribution < 1.29 is 14.3 Å². The SMILES string of the molecule is C=CC(=O)N1CC(N(C)c2ccc(C(N)=O)c3[nH]c(C4CCOC4)cc23)C1. The number of aromatic nitrogens is 1. The molecule has 2 saturated heterocycles.